The summed E-state index contributed by atoms with van der Waals surface area (Å²) in [6, 6.07) is 8.05. The largest absolute Gasteiger partial charge is 0.444 e. The summed E-state index contributed by atoms with van der Waals surface area (Å²) in [5, 5.41) is 4.46. The Balaban J connectivity index is 1.98. The minimum absolute atomic E-state index is 0.275. The number of rotatable bonds is 5. The third kappa shape index (κ3) is 5.05. The van der Waals surface area contributed by atoms with E-state index in [1.165, 1.54) is 12.1 Å². The van der Waals surface area contributed by atoms with Crippen LogP contribution in [0.25, 0.3) is 11.3 Å². The number of ether oxygens (including phenoxy) is 1. The maximum atomic E-state index is 13.0. The normalized spacial score (nSPS) is 12.7. The van der Waals surface area contributed by atoms with E-state index in [4.69, 9.17) is 4.74 Å². The zero-order chi connectivity index (χ0) is 18.6. The van der Waals surface area contributed by atoms with Crippen molar-refractivity contribution in [1.29, 1.82) is 0 Å². The van der Waals surface area contributed by atoms with Gasteiger partial charge in [0.25, 0.3) is 0 Å². The molecule has 0 saturated heterocycles. The Morgan fingerprint density at radius 3 is 2.48 bits per heavy atom. The van der Waals surface area contributed by atoms with Gasteiger partial charge in [0.1, 0.15) is 11.9 Å². The van der Waals surface area contributed by atoms with Crippen LogP contribution >= 0.6 is 0 Å². The number of aromatic nitrogens is 2. The Labute approximate surface area is 148 Å². The molecule has 1 aromatic carbocycles. The van der Waals surface area contributed by atoms with Crippen molar-refractivity contribution in [3.63, 3.8) is 0 Å². The van der Waals surface area contributed by atoms with Crippen molar-refractivity contribution in [2.24, 2.45) is 0 Å². The molecular weight excluding hydrogens is 321 g/mol. The number of amides is 1. The number of benzene rings is 1. The van der Waals surface area contributed by atoms with Crippen molar-refractivity contribution >= 4 is 6.09 Å². The Bertz CT molecular complexity index is 704. The first-order chi connectivity index (χ1) is 11.7. The Hall–Kier alpha value is -2.37. The molecule has 0 spiro atoms. The van der Waals surface area contributed by atoms with E-state index in [1.807, 2.05) is 46.9 Å². The molecule has 2 aromatic rings. The van der Waals surface area contributed by atoms with E-state index in [2.05, 4.69) is 5.10 Å². The van der Waals surface area contributed by atoms with Gasteiger partial charge in [0.15, 0.2) is 0 Å². The Kier molecular flexibility index (Phi) is 5.82. The summed E-state index contributed by atoms with van der Waals surface area (Å²) in [7, 11) is 0. The molecular formula is C19H26FN3O2. The summed E-state index contributed by atoms with van der Waals surface area (Å²) in [6.07, 6.45) is 1.18. The van der Waals surface area contributed by atoms with Crippen LogP contribution < -0.4 is 0 Å². The van der Waals surface area contributed by atoms with Crippen LogP contribution in [-0.2, 0) is 11.3 Å². The lowest BCUT2D eigenvalue weighted by atomic mass is 10.1. The van der Waals surface area contributed by atoms with E-state index in [1.54, 1.807) is 21.7 Å². The van der Waals surface area contributed by atoms with Crippen LogP contribution in [0.5, 0.6) is 0 Å². The molecule has 5 nitrogen and oxygen atoms in total. The summed E-state index contributed by atoms with van der Waals surface area (Å²) in [5.41, 5.74) is 1.31. The SMILES string of the molecule is CCN(C(=O)O[C@@H](C)Cn1ccc(-c2ccc(F)cc2)n1)C(C)(C)C. The summed E-state index contributed by atoms with van der Waals surface area (Å²) in [4.78, 5) is 14.0. The lowest BCUT2D eigenvalue weighted by Crippen LogP contribution is -2.46. The van der Waals surface area contributed by atoms with Gasteiger partial charge in [0.05, 0.1) is 12.2 Å². The first-order valence-corrected chi connectivity index (χ1v) is 8.48. The second-order valence-corrected chi connectivity index (χ2v) is 7.04. The first-order valence-electron chi connectivity index (χ1n) is 8.48. The van der Waals surface area contributed by atoms with Crippen LogP contribution in [0.1, 0.15) is 34.6 Å². The number of hydrogen-bond acceptors (Lipinski definition) is 3. The van der Waals surface area contributed by atoms with E-state index in [9.17, 15) is 9.18 Å². The molecule has 25 heavy (non-hydrogen) atoms. The van der Waals surface area contributed by atoms with Crippen molar-refractivity contribution in [3.8, 4) is 11.3 Å². The topological polar surface area (TPSA) is 47.4 Å². The molecule has 0 aliphatic heterocycles. The van der Waals surface area contributed by atoms with Gasteiger partial charge < -0.3 is 9.64 Å². The van der Waals surface area contributed by atoms with Crippen molar-refractivity contribution in [3.05, 3.63) is 42.3 Å². The number of carbonyl (C=O) groups excluding carboxylic acids is 1. The quantitative estimate of drug-likeness (QED) is 0.808. The summed E-state index contributed by atoms with van der Waals surface area (Å²) < 4.78 is 20.3. The number of carbonyl (C=O) groups is 1. The van der Waals surface area contributed by atoms with E-state index in [-0.39, 0.29) is 23.6 Å². The Morgan fingerprint density at radius 1 is 1.28 bits per heavy atom. The molecule has 0 aliphatic carbocycles. The minimum Gasteiger partial charge on any atom is -0.444 e. The van der Waals surface area contributed by atoms with E-state index in [0.29, 0.717) is 13.1 Å². The molecule has 0 N–H and O–H groups in total. The first kappa shape index (κ1) is 19.0. The maximum absolute atomic E-state index is 13.0. The zero-order valence-electron chi connectivity index (χ0n) is 15.5. The molecule has 0 aliphatic rings. The van der Waals surface area contributed by atoms with Gasteiger partial charge in [-0.3, -0.25) is 4.68 Å². The fourth-order valence-electron chi connectivity index (χ4n) is 2.65. The Morgan fingerprint density at radius 2 is 1.92 bits per heavy atom. The van der Waals surface area contributed by atoms with Crippen molar-refractivity contribution < 1.29 is 13.9 Å². The molecule has 0 saturated carbocycles. The highest BCUT2D eigenvalue weighted by atomic mass is 19.1. The van der Waals surface area contributed by atoms with Gasteiger partial charge in [-0.1, -0.05) is 0 Å². The van der Waals surface area contributed by atoms with Crippen LogP contribution in [0.15, 0.2) is 36.5 Å². The molecule has 0 unspecified atom stereocenters. The standard InChI is InChI=1S/C19H26FN3O2/c1-6-23(19(3,4)5)18(24)25-14(2)13-22-12-11-17(21-22)15-7-9-16(20)10-8-15/h7-12,14H,6,13H2,1-5H3/t14-/m0/s1. The van der Waals surface area contributed by atoms with Gasteiger partial charge in [0, 0.05) is 23.8 Å². The van der Waals surface area contributed by atoms with E-state index < -0.39 is 0 Å². The van der Waals surface area contributed by atoms with Crippen LogP contribution in [-0.4, -0.2) is 39.0 Å². The molecule has 1 atom stereocenters. The highest BCUT2D eigenvalue weighted by Gasteiger charge is 2.27. The molecule has 0 radical (unpaired) electrons. The second-order valence-electron chi connectivity index (χ2n) is 7.04. The van der Waals surface area contributed by atoms with Crippen LogP contribution in [0.3, 0.4) is 0 Å². The van der Waals surface area contributed by atoms with Crippen LogP contribution in [0.4, 0.5) is 9.18 Å². The number of nitrogens with zero attached hydrogens (tertiary/aromatic N) is 3. The fourth-order valence-corrected chi connectivity index (χ4v) is 2.65. The lowest BCUT2D eigenvalue weighted by Gasteiger charge is -2.34. The molecule has 6 heteroatoms. The van der Waals surface area contributed by atoms with Gasteiger partial charge >= 0.3 is 6.09 Å². The summed E-state index contributed by atoms with van der Waals surface area (Å²) >= 11 is 0. The van der Waals surface area contributed by atoms with Gasteiger partial charge in [-0.15, -0.1) is 0 Å². The fraction of sp³-hybridized carbons (Fsp3) is 0.474. The molecule has 0 bridgehead atoms. The van der Waals surface area contributed by atoms with Crippen molar-refractivity contribution in [1.82, 2.24) is 14.7 Å². The highest BCUT2D eigenvalue weighted by Crippen LogP contribution is 2.18. The average Bonchev–Trinajstić information content (AvgIpc) is 2.95. The maximum Gasteiger partial charge on any atom is 0.410 e. The molecule has 1 aromatic heterocycles. The molecule has 1 amide bonds. The summed E-state index contributed by atoms with van der Waals surface area (Å²) in [6.45, 7) is 10.7. The third-order valence-corrected chi connectivity index (χ3v) is 3.87. The molecule has 1 heterocycles. The predicted octanol–water partition coefficient (Wildman–Crippen LogP) is 4.33. The van der Waals surface area contributed by atoms with Gasteiger partial charge in [-0.2, -0.15) is 5.10 Å². The predicted molar refractivity (Wildman–Crippen MR) is 95.7 cm³/mol. The third-order valence-electron chi connectivity index (χ3n) is 3.87. The molecule has 2 rings (SSSR count). The van der Waals surface area contributed by atoms with E-state index >= 15 is 0 Å². The average molecular weight is 347 g/mol. The van der Waals surface area contributed by atoms with E-state index in [0.717, 1.165) is 11.3 Å². The van der Waals surface area contributed by atoms with Crippen molar-refractivity contribution in [2.75, 3.05) is 6.54 Å². The lowest BCUT2D eigenvalue weighted by molar-refractivity contribution is 0.0386. The van der Waals surface area contributed by atoms with Crippen molar-refractivity contribution in [2.45, 2.75) is 52.8 Å². The van der Waals surface area contributed by atoms with Crippen LogP contribution in [0, 0.1) is 5.82 Å². The number of halogens is 1. The van der Waals surface area contributed by atoms with Gasteiger partial charge in [0.2, 0.25) is 0 Å². The zero-order valence-corrected chi connectivity index (χ0v) is 15.5. The minimum atomic E-state index is -0.326. The highest BCUT2D eigenvalue weighted by molar-refractivity contribution is 5.68. The second kappa shape index (κ2) is 7.68. The monoisotopic (exact) mass is 347 g/mol. The van der Waals surface area contributed by atoms with Crippen LogP contribution in [0.2, 0.25) is 0 Å². The van der Waals surface area contributed by atoms with Gasteiger partial charge in [-0.05, 0) is 65.0 Å². The summed E-state index contributed by atoms with van der Waals surface area (Å²) in [5.74, 6) is -0.275. The van der Waals surface area contributed by atoms with Gasteiger partial charge in [-0.25, -0.2) is 9.18 Å². The molecule has 0 fully saturated rings. The number of hydrogen-bond donors (Lipinski definition) is 0. The smallest absolute Gasteiger partial charge is 0.410 e. The molecule has 136 valence electrons.